The van der Waals surface area contributed by atoms with Crippen LogP contribution in [0.4, 0.5) is 5.82 Å². The van der Waals surface area contributed by atoms with Crippen molar-refractivity contribution < 1.29 is 9.53 Å². The summed E-state index contributed by atoms with van der Waals surface area (Å²) in [7, 11) is 0. The summed E-state index contributed by atoms with van der Waals surface area (Å²) in [6, 6.07) is 10.4. The fraction of sp³-hybridized carbons (Fsp3) is 0.192. The molecule has 8 heteroatoms. The summed E-state index contributed by atoms with van der Waals surface area (Å²) in [5.74, 6) is 3.40. The predicted octanol–water partition coefficient (Wildman–Crippen LogP) is 3.42. The molecule has 0 spiro atoms. The van der Waals surface area contributed by atoms with E-state index in [9.17, 15) is 4.79 Å². The van der Waals surface area contributed by atoms with Crippen LogP contribution in [-0.4, -0.2) is 30.7 Å². The quantitative estimate of drug-likeness (QED) is 0.464. The van der Waals surface area contributed by atoms with Crippen LogP contribution in [0.3, 0.4) is 0 Å². The molecule has 4 aromatic rings. The maximum absolute atomic E-state index is 13.8. The van der Waals surface area contributed by atoms with Gasteiger partial charge in [0.15, 0.2) is 0 Å². The molecule has 4 heterocycles. The van der Waals surface area contributed by atoms with Crippen LogP contribution in [0.1, 0.15) is 51.5 Å². The monoisotopic (exact) mass is 450 g/mol. The number of nitrogen functional groups attached to an aromatic ring is 1. The molecule has 0 saturated heterocycles. The largest absolute Gasteiger partial charge is 0.383 e. The number of terminal acetylenes is 1. The zero-order valence-electron chi connectivity index (χ0n) is 18.6. The van der Waals surface area contributed by atoms with Crippen LogP contribution in [0.25, 0.3) is 10.9 Å². The summed E-state index contributed by atoms with van der Waals surface area (Å²) in [6.07, 6.45) is 10.4. The zero-order chi connectivity index (χ0) is 23.7. The van der Waals surface area contributed by atoms with E-state index in [4.69, 9.17) is 16.9 Å². The topological polar surface area (TPSA) is 107 Å². The van der Waals surface area contributed by atoms with Gasteiger partial charge < -0.3 is 15.4 Å². The lowest BCUT2D eigenvalue weighted by molar-refractivity contribution is 0.0663. The van der Waals surface area contributed by atoms with Crippen molar-refractivity contribution in [2.75, 3.05) is 5.73 Å². The Morgan fingerprint density at radius 3 is 2.71 bits per heavy atom. The van der Waals surface area contributed by atoms with Crippen LogP contribution in [0.2, 0.25) is 0 Å². The van der Waals surface area contributed by atoms with Gasteiger partial charge >= 0.3 is 0 Å². The molecule has 1 amide bonds. The number of nitrogens with zero attached hydrogens (tertiary/aromatic N) is 5. The minimum absolute atomic E-state index is 0.172. The third-order valence-corrected chi connectivity index (χ3v) is 5.99. The first-order chi connectivity index (χ1) is 16.5. The van der Waals surface area contributed by atoms with Gasteiger partial charge in [0.05, 0.1) is 37.0 Å². The number of carbonyl (C=O) groups excluding carboxylic acids is 1. The molecule has 34 heavy (non-hydrogen) atoms. The molecule has 1 atom stereocenters. The first-order valence-corrected chi connectivity index (χ1v) is 10.8. The predicted molar refractivity (Wildman–Crippen MR) is 127 cm³/mol. The highest BCUT2D eigenvalue weighted by Gasteiger charge is 2.27. The molecule has 168 valence electrons. The molecule has 1 aliphatic rings. The van der Waals surface area contributed by atoms with Gasteiger partial charge in [0.2, 0.25) is 0 Å². The van der Waals surface area contributed by atoms with E-state index >= 15 is 0 Å². The fourth-order valence-corrected chi connectivity index (χ4v) is 4.10. The van der Waals surface area contributed by atoms with Crippen LogP contribution in [0, 0.1) is 12.3 Å². The minimum atomic E-state index is -0.392. The summed E-state index contributed by atoms with van der Waals surface area (Å²) < 4.78 is 5.59. The molecule has 0 saturated carbocycles. The Bertz CT molecular complexity index is 1410. The van der Waals surface area contributed by atoms with Gasteiger partial charge in [0, 0.05) is 40.7 Å². The zero-order valence-corrected chi connectivity index (χ0v) is 18.6. The molecule has 0 bridgehead atoms. The van der Waals surface area contributed by atoms with Crippen LogP contribution in [0.15, 0.2) is 55.0 Å². The van der Waals surface area contributed by atoms with Gasteiger partial charge in [-0.05, 0) is 48.9 Å². The van der Waals surface area contributed by atoms with Gasteiger partial charge in [-0.1, -0.05) is 5.92 Å². The normalized spacial score (nSPS) is 13.3. The molecular weight excluding hydrogens is 428 g/mol. The van der Waals surface area contributed by atoms with E-state index in [0.717, 1.165) is 22.0 Å². The highest BCUT2D eigenvalue weighted by Crippen LogP contribution is 2.32. The molecule has 2 N–H and O–H groups in total. The molecule has 0 fully saturated rings. The van der Waals surface area contributed by atoms with Gasteiger partial charge in [0.1, 0.15) is 11.6 Å². The smallest absolute Gasteiger partial charge is 0.254 e. The molecule has 5 rings (SSSR count). The van der Waals surface area contributed by atoms with Crippen LogP contribution in [-0.2, 0) is 24.5 Å². The SMILES string of the molecule is C#Cc1ccc(CN(C(=O)c2ccc3nc(N)c4c(c3c2)COC4)C(C)c2ncccn2)nc1. The molecule has 1 aromatic carbocycles. The Balaban J connectivity index is 1.55. The first-order valence-electron chi connectivity index (χ1n) is 10.8. The van der Waals surface area contributed by atoms with Crippen molar-refractivity contribution in [2.24, 2.45) is 0 Å². The third kappa shape index (κ3) is 3.93. The van der Waals surface area contributed by atoms with E-state index in [2.05, 4.69) is 25.9 Å². The number of ether oxygens (including phenoxy) is 1. The summed E-state index contributed by atoms with van der Waals surface area (Å²) >= 11 is 0. The maximum Gasteiger partial charge on any atom is 0.254 e. The summed E-state index contributed by atoms with van der Waals surface area (Å²) in [5.41, 5.74) is 10.6. The van der Waals surface area contributed by atoms with Gasteiger partial charge in [-0.3, -0.25) is 9.78 Å². The Morgan fingerprint density at radius 2 is 1.97 bits per heavy atom. The number of hydrogen-bond acceptors (Lipinski definition) is 7. The van der Waals surface area contributed by atoms with Gasteiger partial charge in [-0.25, -0.2) is 15.0 Å². The number of rotatable bonds is 5. The Morgan fingerprint density at radius 1 is 1.18 bits per heavy atom. The van der Waals surface area contributed by atoms with Crippen molar-refractivity contribution in [2.45, 2.75) is 32.7 Å². The van der Waals surface area contributed by atoms with Crippen molar-refractivity contribution in [3.05, 3.63) is 88.8 Å². The number of anilines is 1. The molecule has 8 nitrogen and oxygen atoms in total. The van der Waals surface area contributed by atoms with E-state index in [-0.39, 0.29) is 12.5 Å². The highest BCUT2D eigenvalue weighted by atomic mass is 16.5. The minimum Gasteiger partial charge on any atom is -0.383 e. The lowest BCUT2D eigenvalue weighted by Crippen LogP contribution is -2.34. The van der Waals surface area contributed by atoms with Crippen molar-refractivity contribution >= 4 is 22.6 Å². The fourth-order valence-electron chi connectivity index (χ4n) is 4.10. The standard InChI is InChI=1S/C26H22N6O2/c1-3-17-5-7-19(30-12-17)13-32(16(2)25-28-9-4-10-29-25)26(33)18-6-8-23-20(11-18)21-14-34-15-22(21)24(27)31-23/h1,4-12,16H,13-15H2,2H3,(H2,27,31). The van der Waals surface area contributed by atoms with Crippen LogP contribution in [0.5, 0.6) is 0 Å². The molecule has 0 aliphatic carbocycles. The number of aromatic nitrogens is 4. The average molecular weight is 451 g/mol. The van der Waals surface area contributed by atoms with E-state index < -0.39 is 6.04 Å². The summed E-state index contributed by atoms with van der Waals surface area (Å²) in [5, 5.41) is 0.868. The van der Waals surface area contributed by atoms with Crippen molar-refractivity contribution in [1.82, 2.24) is 24.8 Å². The van der Waals surface area contributed by atoms with Crippen LogP contribution >= 0.6 is 0 Å². The summed E-state index contributed by atoms with van der Waals surface area (Å²) in [4.78, 5) is 33.2. The number of carbonyl (C=O) groups is 1. The number of pyridine rings is 2. The van der Waals surface area contributed by atoms with Gasteiger partial charge in [0.25, 0.3) is 5.91 Å². The number of amides is 1. The molecule has 1 unspecified atom stereocenters. The molecule has 1 aliphatic heterocycles. The summed E-state index contributed by atoms with van der Waals surface area (Å²) in [6.45, 7) is 3.04. The van der Waals surface area contributed by atoms with E-state index in [1.165, 1.54) is 0 Å². The highest BCUT2D eigenvalue weighted by molar-refractivity contribution is 5.99. The molecule has 3 aromatic heterocycles. The second kappa shape index (κ2) is 8.89. The number of hydrogen-bond donors (Lipinski definition) is 1. The lowest BCUT2D eigenvalue weighted by atomic mass is 10.0. The lowest BCUT2D eigenvalue weighted by Gasteiger charge is -2.28. The first kappa shape index (κ1) is 21.5. The second-order valence-electron chi connectivity index (χ2n) is 8.08. The Kier molecular flexibility index (Phi) is 5.62. The van der Waals surface area contributed by atoms with Crippen molar-refractivity contribution in [1.29, 1.82) is 0 Å². The van der Waals surface area contributed by atoms with Crippen molar-refractivity contribution in [3.63, 3.8) is 0 Å². The van der Waals surface area contributed by atoms with Crippen molar-refractivity contribution in [3.8, 4) is 12.3 Å². The maximum atomic E-state index is 13.8. The van der Waals surface area contributed by atoms with E-state index in [0.29, 0.717) is 41.7 Å². The Labute approximate surface area is 196 Å². The third-order valence-electron chi connectivity index (χ3n) is 5.99. The van der Waals surface area contributed by atoms with Gasteiger partial charge in [-0.15, -0.1) is 6.42 Å². The Hall–Kier alpha value is -4.35. The number of nitrogens with two attached hydrogens (primary N) is 1. The molecular formula is C26H22N6O2. The van der Waals surface area contributed by atoms with Crippen LogP contribution < -0.4 is 5.73 Å². The molecule has 0 radical (unpaired) electrons. The number of fused-ring (bicyclic) bond motifs is 3. The van der Waals surface area contributed by atoms with E-state index in [1.807, 2.05) is 31.2 Å². The second-order valence-corrected chi connectivity index (χ2v) is 8.08. The van der Waals surface area contributed by atoms with E-state index in [1.54, 1.807) is 35.6 Å². The number of benzene rings is 1. The van der Waals surface area contributed by atoms with Gasteiger partial charge in [-0.2, -0.15) is 0 Å². The average Bonchev–Trinajstić information content (AvgIpc) is 3.38.